The molecule has 7 atom stereocenters. The van der Waals surface area contributed by atoms with Crippen molar-refractivity contribution in [2.45, 2.75) is 146 Å². The van der Waals surface area contributed by atoms with Gasteiger partial charge in [0.2, 0.25) is 0 Å². The van der Waals surface area contributed by atoms with Crippen molar-refractivity contribution in [1.82, 2.24) is 20.6 Å². The molecule has 1 fully saturated rings. The standard InChI is InChI=1S/C50H72N4O5/c1-12-34-30(7)37-24-39-32(9)36(20-21-43(55)59-23-22-29(6)19-15-18-28(5)17-14-16-27(3)4)47(53-39)45-46(50(57)58-11)49(56)44-33(10)40(54-48(44)45)26-42-35(13-2)31(8)38(52-42)25-41(34)51-37/h22,24-28,32,34,36,46-47,49,51-54,56H,12-21,23H2,1-11H3/b29-22+,39-24-,40-26-,41-25-/t28-,32-,34+,36-,46+,47?,49-/m0/s1. The van der Waals surface area contributed by atoms with E-state index in [1.165, 1.54) is 60.8 Å². The summed E-state index contributed by atoms with van der Waals surface area (Å²) in [6.07, 6.45) is 17.5. The zero-order valence-electron chi connectivity index (χ0n) is 37.8. The van der Waals surface area contributed by atoms with Crippen LogP contribution in [-0.2, 0) is 25.5 Å². The van der Waals surface area contributed by atoms with Crippen molar-refractivity contribution in [2.75, 3.05) is 13.7 Å². The Labute approximate surface area is 353 Å². The Hall–Kier alpha value is -4.24. The Bertz CT molecular complexity index is 2140. The molecule has 2 aromatic heterocycles. The van der Waals surface area contributed by atoms with Gasteiger partial charge in [-0.3, -0.25) is 9.59 Å². The SMILES string of the molecule is CCc1c2[nH]c(c1C)/C=C1\NC(=C(C)[C@H]1CC)/C=C1\NC(C3=c4[nH]/c(c(C)c4[C@H](O)[C@@H]3C(=O)OC)=C\2)[C@@H](CCC(=O)OC/C=C(\C)CCC[C@@H](C)CCCC(C)C)[C@@H]1C. The lowest BCUT2D eigenvalue weighted by Gasteiger charge is -2.27. The van der Waals surface area contributed by atoms with Crippen molar-refractivity contribution in [3.8, 4) is 0 Å². The van der Waals surface area contributed by atoms with E-state index in [9.17, 15) is 14.7 Å². The van der Waals surface area contributed by atoms with Crippen LogP contribution in [0.1, 0.15) is 153 Å². The van der Waals surface area contributed by atoms with Gasteiger partial charge in [-0.15, -0.1) is 0 Å². The zero-order valence-corrected chi connectivity index (χ0v) is 37.8. The smallest absolute Gasteiger partial charge is 0.315 e. The van der Waals surface area contributed by atoms with Crippen LogP contribution in [0.15, 0.2) is 40.4 Å². The lowest BCUT2D eigenvalue weighted by Crippen LogP contribution is -2.37. The van der Waals surface area contributed by atoms with Crippen LogP contribution in [0.3, 0.4) is 0 Å². The molecule has 9 nitrogen and oxygen atoms in total. The van der Waals surface area contributed by atoms with E-state index in [1.807, 2.05) is 6.92 Å². The molecule has 5 heterocycles. The molecule has 0 spiro atoms. The lowest BCUT2D eigenvalue weighted by molar-refractivity contribution is -0.147. The van der Waals surface area contributed by atoms with Crippen LogP contribution in [0.2, 0.25) is 0 Å². The Morgan fingerprint density at radius 2 is 1.68 bits per heavy atom. The predicted octanol–water partition coefficient (Wildman–Crippen LogP) is 8.61. The van der Waals surface area contributed by atoms with Crippen molar-refractivity contribution in [3.63, 3.8) is 0 Å². The van der Waals surface area contributed by atoms with E-state index in [0.29, 0.717) is 6.42 Å². The number of rotatable bonds is 16. The Morgan fingerprint density at radius 1 is 0.932 bits per heavy atom. The molecule has 9 heteroatoms. The number of aromatic amines is 2. The highest BCUT2D eigenvalue weighted by Crippen LogP contribution is 2.45. The van der Waals surface area contributed by atoms with E-state index < -0.39 is 18.0 Å². The third kappa shape index (κ3) is 9.25. The van der Waals surface area contributed by atoms with E-state index in [4.69, 9.17) is 9.47 Å². The van der Waals surface area contributed by atoms with E-state index in [1.54, 1.807) is 0 Å². The number of esters is 2. The molecule has 5 N–H and O–H groups in total. The molecule has 322 valence electrons. The van der Waals surface area contributed by atoms with Crippen molar-refractivity contribution >= 4 is 29.7 Å². The van der Waals surface area contributed by atoms with Gasteiger partial charge in [-0.2, -0.15) is 0 Å². The molecule has 2 aromatic rings. The van der Waals surface area contributed by atoms with Crippen LogP contribution in [0.4, 0.5) is 0 Å². The second-order valence-electron chi connectivity index (χ2n) is 18.5. The first-order chi connectivity index (χ1) is 28.2. The van der Waals surface area contributed by atoms with Crippen LogP contribution in [-0.4, -0.2) is 46.8 Å². The Kier molecular flexibility index (Phi) is 14.3. The number of hydrogen-bond acceptors (Lipinski definition) is 7. The maximum atomic E-state index is 13.7. The van der Waals surface area contributed by atoms with E-state index >= 15 is 0 Å². The number of nitrogens with one attached hydrogen (secondary N) is 4. The third-order valence-corrected chi connectivity index (χ3v) is 14.1. The number of carbonyl (C=O) groups is 2. The fourth-order valence-corrected chi connectivity index (χ4v) is 10.3. The van der Waals surface area contributed by atoms with E-state index in [0.717, 1.165) is 87.7 Å². The molecule has 8 bridgehead atoms. The molecule has 0 aromatic carbocycles. The average Bonchev–Trinajstić information content (AvgIpc) is 3.94. The number of hydrogen-bond donors (Lipinski definition) is 5. The molecule has 0 saturated carbocycles. The van der Waals surface area contributed by atoms with Gasteiger partial charge in [-0.1, -0.05) is 72.8 Å². The summed E-state index contributed by atoms with van der Waals surface area (Å²) in [5, 5.41) is 21.3. The summed E-state index contributed by atoms with van der Waals surface area (Å²) in [4.78, 5) is 34.5. The molecule has 6 rings (SSSR count). The molecular formula is C50H72N4O5. The van der Waals surface area contributed by atoms with Gasteiger partial charge in [0.1, 0.15) is 12.5 Å². The van der Waals surface area contributed by atoms with Gasteiger partial charge in [0, 0.05) is 63.0 Å². The number of methoxy groups -OCH3 is 1. The van der Waals surface area contributed by atoms with Crippen molar-refractivity contribution in [1.29, 1.82) is 0 Å². The number of aliphatic hydroxyl groups excluding tert-OH is 1. The second kappa shape index (κ2) is 19.0. The van der Waals surface area contributed by atoms with Gasteiger partial charge < -0.3 is 35.2 Å². The van der Waals surface area contributed by atoms with Crippen LogP contribution in [0.5, 0.6) is 0 Å². The Morgan fingerprint density at radius 3 is 2.37 bits per heavy atom. The maximum Gasteiger partial charge on any atom is 0.315 e. The van der Waals surface area contributed by atoms with Gasteiger partial charge >= 0.3 is 11.9 Å². The fraction of sp³-hybridized carbons (Fsp3) is 0.600. The molecule has 0 amide bonds. The monoisotopic (exact) mass is 809 g/mol. The molecular weight excluding hydrogens is 737 g/mol. The summed E-state index contributed by atoms with van der Waals surface area (Å²) < 4.78 is 11.2. The Balaban J connectivity index is 1.31. The molecule has 59 heavy (non-hydrogen) atoms. The number of aliphatic hydroxyl groups is 1. The zero-order chi connectivity index (χ0) is 42.7. The summed E-state index contributed by atoms with van der Waals surface area (Å²) in [7, 11) is 1.38. The molecule has 1 saturated heterocycles. The van der Waals surface area contributed by atoms with Crippen molar-refractivity contribution in [3.05, 3.63) is 84.7 Å². The highest BCUT2D eigenvalue weighted by molar-refractivity contribution is 5.88. The van der Waals surface area contributed by atoms with Gasteiger partial charge in [0.05, 0.1) is 19.3 Å². The summed E-state index contributed by atoms with van der Waals surface area (Å²) in [6, 6.07) is -0.345. The van der Waals surface area contributed by atoms with Gasteiger partial charge in [0.15, 0.2) is 0 Å². The minimum absolute atomic E-state index is 0.0163. The highest BCUT2D eigenvalue weighted by Gasteiger charge is 2.49. The normalized spacial score (nSPS) is 26.5. The third-order valence-electron chi connectivity index (χ3n) is 14.1. The second-order valence-corrected chi connectivity index (χ2v) is 18.5. The largest absolute Gasteiger partial charge is 0.468 e. The molecule has 0 radical (unpaired) electrons. The van der Waals surface area contributed by atoms with Gasteiger partial charge in [-0.05, 0) is 130 Å². The number of H-pyrrole nitrogens is 2. The first-order valence-electron chi connectivity index (χ1n) is 22.6. The van der Waals surface area contributed by atoms with Crippen LogP contribution < -0.4 is 21.3 Å². The van der Waals surface area contributed by atoms with Crippen LogP contribution in [0, 0.1) is 49.4 Å². The van der Waals surface area contributed by atoms with Gasteiger partial charge in [-0.25, -0.2) is 0 Å². The number of aromatic nitrogens is 2. The summed E-state index contributed by atoms with van der Waals surface area (Å²) >= 11 is 0. The number of ether oxygens (including phenoxy) is 2. The van der Waals surface area contributed by atoms with Gasteiger partial charge in [0.25, 0.3) is 0 Å². The number of allylic oxidation sites excluding steroid dienone is 4. The summed E-state index contributed by atoms with van der Waals surface area (Å²) in [5.41, 5.74) is 12.8. The highest BCUT2D eigenvalue weighted by atomic mass is 16.5. The minimum atomic E-state index is -1.08. The summed E-state index contributed by atoms with van der Waals surface area (Å²) in [6.45, 7) is 22.4. The molecule has 4 aliphatic rings. The lowest BCUT2D eigenvalue weighted by atomic mass is 9.80. The van der Waals surface area contributed by atoms with Crippen molar-refractivity contribution in [2.24, 2.45) is 35.5 Å². The number of carbonyl (C=O) groups excluding carboxylic acids is 2. The minimum Gasteiger partial charge on any atom is -0.468 e. The topological polar surface area (TPSA) is 128 Å². The first-order valence-corrected chi connectivity index (χ1v) is 22.6. The molecule has 3 aliphatic heterocycles. The van der Waals surface area contributed by atoms with Crippen molar-refractivity contribution < 1.29 is 24.2 Å². The maximum absolute atomic E-state index is 13.7. The molecule has 1 unspecified atom stereocenters. The predicted molar refractivity (Wildman–Crippen MR) is 238 cm³/mol. The van der Waals surface area contributed by atoms with Crippen LogP contribution >= 0.6 is 0 Å². The first kappa shape index (κ1) is 44.3. The molecule has 1 aliphatic carbocycles. The van der Waals surface area contributed by atoms with E-state index in [2.05, 4.69) is 107 Å². The van der Waals surface area contributed by atoms with Crippen LogP contribution in [0.25, 0.3) is 17.7 Å². The quantitative estimate of drug-likeness (QED) is 0.0849. The average molecular weight is 809 g/mol. The summed E-state index contributed by atoms with van der Waals surface area (Å²) in [5.74, 6) is 0.106. The number of fused-ring (bicyclic) bond motifs is 8. The fourth-order valence-electron chi connectivity index (χ4n) is 10.3. The van der Waals surface area contributed by atoms with E-state index in [-0.39, 0.29) is 42.8 Å².